The first-order chi connectivity index (χ1) is 12.9. The van der Waals surface area contributed by atoms with Gasteiger partial charge in [0.2, 0.25) is 9.84 Å². The number of anilines is 1. The molecule has 27 heavy (non-hydrogen) atoms. The molecule has 0 heterocycles. The number of carbonyl (C=O) groups excluding carboxylic acids is 1. The maximum absolute atomic E-state index is 12.6. The van der Waals surface area contributed by atoms with E-state index < -0.39 is 26.4 Å². The van der Waals surface area contributed by atoms with Crippen molar-refractivity contribution in [2.75, 3.05) is 5.32 Å². The van der Waals surface area contributed by atoms with Crippen LogP contribution in [0.1, 0.15) is 36.0 Å². The molecule has 2 aromatic carbocycles. The molecule has 0 saturated heterocycles. The molecular formula is C19H19F2NO3S2. The van der Waals surface area contributed by atoms with Gasteiger partial charge in [-0.25, -0.2) is 8.42 Å². The van der Waals surface area contributed by atoms with Crippen LogP contribution in [0, 0.1) is 0 Å². The van der Waals surface area contributed by atoms with Crippen LogP contribution in [-0.2, 0) is 9.84 Å². The maximum Gasteiger partial charge on any atom is 0.341 e. The molecule has 0 aromatic heterocycles. The molecule has 1 aliphatic carbocycles. The molecule has 144 valence electrons. The van der Waals surface area contributed by atoms with Crippen LogP contribution < -0.4 is 5.32 Å². The van der Waals surface area contributed by atoms with Crippen LogP contribution in [0.5, 0.6) is 0 Å². The lowest BCUT2D eigenvalue weighted by molar-refractivity contribution is 0.102. The molecule has 0 aliphatic heterocycles. The van der Waals surface area contributed by atoms with Gasteiger partial charge in [0.05, 0.1) is 10.6 Å². The average molecular weight is 411 g/mol. The van der Waals surface area contributed by atoms with Crippen molar-refractivity contribution in [2.45, 2.75) is 46.5 Å². The lowest BCUT2D eigenvalue weighted by atomic mass is 10.2. The van der Waals surface area contributed by atoms with Gasteiger partial charge in [0.1, 0.15) is 0 Å². The number of alkyl halides is 2. The Kier molecular flexibility index (Phi) is 6.16. The number of nitrogens with one attached hydrogen (secondary N) is 1. The molecule has 1 amide bonds. The van der Waals surface area contributed by atoms with Gasteiger partial charge in [0, 0.05) is 15.7 Å². The van der Waals surface area contributed by atoms with Gasteiger partial charge in [-0.05, 0) is 49.2 Å². The Labute approximate surface area is 161 Å². The van der Waals surface area contributed by atoms with Crippen molar-refractivity contribution >= 4 is 33.2 Å². The second-order valence-corrected chi connectivity index (χ2v) is 9.56. The van der Waals surface area contributed by atoms with Gasteiger partial charge in [0.15, 0.2) is 0 Å². The standard InChI is InChI=1S/C19H19F2NO3S2/c20-19(21)27(24,25)15-11-9-13(10-12-15)18(23)22-16-7-3-4-8-17(16)26-14-5-1-2-6-14/h3-4,7-12,14,19H,1-2,5-6H2,(H,22,23). The van der Waals surface area contributed by atoms with Crippen molar-refractivity contribution in [1.82, 2.24) is 0 Å². The summed E-state index contributed by atoms with van der Waals surface area (Å²) in [7, 11) is -4.67. The van der Waals surface area contributed by atoms with Crippen LogP contribution in [-0.4, -0.2) is 25.3 Å². The van der Waals surface area contributed by atoms with E-state index in [0.29, 0.717) is 10.9 Å². The third kappa shape index (κ3) is 4.68. The number of para-hydroxylation sites is 1. The summed E-state index contributed by atoms with van der Waals surface area (Å²) in [6.45, 7) is 0. The Hall–Kier alpha value is -1.93. The van der Waals surface area contributed by atoms with Crippen LogP contribution in [0.3, 0.4) is 0 Å². The van der Waals surface area contributed by atoms with Gasteiger partial charge in [-0.15, -0.1) is 11.8 Å². The van der Waals surface area contributed by atoms with Gasteiger partial charge in [-0.2, -0.15) is 8.78 Å². The lowest BCUT2D eigenvalue weighted by Crippen LogP contribution is -2.14. The zero-order valence-corrected chi connectivity index (χ0v) is 16.0. The SMILES string of the molecule is O=C(Nc1ccccc1SC1CCCC1)c1ccc(S(=O)(=O)C(F)F)cc1. The number of hydrogen-bond acceptors (Lipinski definition) is 4. The molecule has 3 rings (SSSR count). The Morgan fingerprint density at radius 3 is 2.30 bits per heavy atom. The molecule has 1 aliphatic rings. The number of hydrogen-bond donors (Lipinski definition) is 1. The van der Waals surface area contributed by atoms with Gasteiger partial charge >= 0.3 is 5.76 Å². The fourth-order valence-corrected chi connectivity index (χ4v) is 5.00. The molecule has 1 N–H and O–H groups in total. The molecule has 0 unspecified atom stereocenters. The highest BCUT2D eigenvalue weighted by Gasteiger charge is 2.26. The van der Waals surface area contributed by atoms with Crippen LogP contribution in [0.15, 0.2) is 58.3 Å². The predicted octanol–water partition coefficient (Wildman–Crippen LogP) is 4.97. The molecule has 4 nitrogen and oxygen atoms in total. The number of thioether (sulfide) groups is 1. The number of benzene rings is 2. The van der Waals surface area contributed by atoms with Crippen molar-refractivity contribution in [2.24, 2.45) is 0 Å². The zero-order valence-electron chi connectivity index (χ0n) is 14.4. The summed E-state index contributed by atoms with van der Waals surface area (Å²) in [6, 6.07) is 12.0. The van der Waals surface area contributed by atoms with Crippen molar-refractivity contribution < 1.29 is 22.0 Å². The summed E-state index contributed by atoms with van der Waals surface area (Å²) < 4.78 is 48.1. The Balaban J connectivity index is 1.74. The van der Waals surface area contributed by atoms with Gasteiger partial charge in [-0.1, -0.05) is 25.0 Å². The molecule has 1 fully saturated rings. The summed E-state index contributed by atoms with van der Waals surface area (Å²) in [4.78, 5) is 13.0. The highest BCUT2D eigenvalue weighted by Crippen LogP contribution is 2.38. The second kappa shape index (κ2) is 8.39. The number of halogens is 2. The van der Waals surface area contributed by atoms with Crippen LogP contribution in [0.2, 0.25) is 0 Å². The molecule has 8 heteroatoms. The highest BCUT2D eigenvalue weighted by molar-refractivity contribution is 8.00. The minimum absolute atomic E-state index is 0.198. The van der Waals surface area contributed by atoms with Crippen LogP contribution in [0.4, 0.5) is 14.5 Å². The number of carbonyl (C=O) groups is 1. The van der Waals surface area contributed by atoms with E-state index in [9.17, 15) is 22.0 Å². The molecule has 0 radical (unpaired) electrons. The summed E-state index contributed by atoms with van der Waals surface area (Å²) in [5.41, 5.74) is 0.882. The summed E-state index contributed by atoms with van der Waals surface area (Å²) in [5.74, 6) is -3.91. The maximum atomic E-state index is 12.6. The van der Waals surface area contributed by atoms with E-state index in [1.54, 1.807) is 11.8 Å². The van der Waals surface area contributed by atoms with Gasteiger partial charge in [0.25, 0.3) is 5.91 Å². The summed E-state index contributed by atoms with van der Waals surface area (Å²) in [6.07, 6.45) is 4.76. The van der Waals surface area contributed by atoms with E-state index in [1.165, 1.54) is 25.0 Å². The zero-order chi connectivity index (χ0) is 19.4. The third-order valence-electron chi connectivity index (χ3n) is 4.41. The molecule has 0 spiro atoms. The molecule has 0 bridgehead atoms. The van der Waals surface area contributed by atoms with Gasteiger partial charge in [-0.3, -0.25) is 4.79 Å². The van der Waals surface area contributed by atoms with Crippen LogP contribution in [0.25, 0.3) is 0 Å². The largest absolute Gasteiger partial charge is 0.341 e. The minimum atomic E-state index is -4.67. The van der Waals surface area contributed by atoms with Gasteiger partial charge < -0.3 is 5.32 Å². The first-order valence-corrected chi connectivity index (χ1v) is 11.0. The summed E-state index contributed by atoms with van der Waals surface area (Å²) >= 11 is 1.75. The quantitative estimate of drug-likeness (QED) is 0.729. The molecule has 2 aromatic rings. The first kappa shape index (κ1) is 19.8. The van der Waals surface area contributed by atoms with Crippen molar-refractivity contribution in [1.29, 1.82) is 0 Å². The number of rotatable bonds is 6. The lowest BCUT2D eigenvalue weighted by Gasteiger charge is -2.14. The predicted molar refractivity (Wildman–Crippen MR) is 102 cm³/mol. The van der Waals surface area contributed by atoms with E-state index in [0.717, 1.165) is 29.9 Å². The van der Waals surface area contributed by atoms with Crippen LogP contribution >= 0.6 is 11.8 Å². The molecular weight excluding hydrogens is 392 g/mol. The first-order valence-electron chi connectivity index (χ1n) is 8.57. The average Bonchev–Trinajstić information content (AvgIpc) is 3.16. The number of sulfone groups is 1. The van der Waals surface area contributed by atoms with E-state index in [2.05, 4.69) is 5.32 Å². The second-order valence-electron chi connectivity index (χ2n) is 6.30. The monoisotopic (exact) mass is 411 g/mol. The summed E-state index contributed by atoms with van der Waals surface area (Å²) in [5, 5.41) is 3.37. The fourth-order valence-electron chi connectivity index (χ4n) is 2.95. The third-order valence-corrected chi connectivity index (χ3v) is 7.22. The fraction of sp³-hybridized carbons (Fsp3) is 0.316. The Morgan fingerprint density at radius 1 is 1.04 bits per heavy atom. The van der Waals surface area contributed by atoms with E-state index in [1.807, 2.05) is 24.3 Å². The van der Waals surface area contributed by atoms with Crippen molar-refractivity contribution in [3.63, 3.8) is 0 Å². The van der Waals surface area contributed by atoms with E-state index >= 15 is 0 Å². The minimum Gasteiger partial charge on any atom is -0.321 e. The Morgan fingerprint density at radius 2 is 1.67 bits per heavy atom. The highest BCUT2D eigenvalue weighted by atomic mass is 32.2. The van der Waals surface area contributed by atoms with Crippen molar-refractivity contribution in [3.05, 3.63) is 54.1 Å². The Bertz CT molecular complexity index is 909. The normalized spacial score (nSPS) is 15.2. The number of amides is 1. The van der Waals surface area contributed by atoms with E-state index in [-0.39, 0.29) is 5.56 Å². The van der Waals surface area contributed by atoms with E-state index in [4.69, 9.17) is 0 Å². The molecule has 1 saturated carbocycles. The smallest absolute Gasteiger partial charge is 0.321 e. The molecule has 0 atom stereocenters. The van der Waals surface area contributed by atoms with Crippen molar-refractivity contribution in [3.8, 4) is 0 Å². The topological polar surface area (TPSA) is 63.2 Å².